The molecule has 1 saturated heterocycles. The molecule has 0 amide bonds. The van der Waals surface area contributed by atoms with E-state index in [-0.39, 0.29) is 49.3 Å². The van der Waals surface area contributed by atoms with E-state index in [1.165, 1.54) is 16.3 Å². The third kappa shape index (κ3) is 4.95. The smallest absolute Gasteiger partial charge is 0.0346 e. The molecule has 1 aromatic heterocycles. The fourth-order valence-corrected chi connectivity index (χ4v) is 2.97. The molecule has 7 heteroatoms. The highest BCUT2D eigenvalue weighted by Crippen LogP contribution is 2.20. The van der Waals surface area contributed by atoms with Crippen LogP contribution >= 0.6 is 37.2 Å². The van der Waals surface area contributed by atoms with Crippen molar-refractivity contribution in [1.29, 1.82) is 0 Å². The van der Waals surface area contributed by atoms with E-state index < -0.39 is 0 Å². The molecule has 0 bridgehead atoms. The van der Waals surface area contributed by atoms with Crippen LogP contribution in [0, 0.1) is 0 Å². The molecule has 1 aromatic carbocycles. The highest BCUT2D eigenvalue weighted by Gasteiger charge is 2.22. The van der Waals surface area contributed by atoms with Gasteiger partial charge >= 0.3 is 0 Å². The van der Waals surface area contributed by atoms with Crippen molar-refractivity contribution < 1.29 is 0 Å². The maximum atomic E-state index is 6.05. The number of pyridine rings is 1. The molecule has 22 heavy (non-hydrogen) atoms. The third-order valence-corrected chi connectivity index (χ3v) is 3.76. The second-order valence-corrected chi connectivity index (χ2v) is 5.46. The quantitative estimate of drug-likeness (QED) is 0.857. The number of hydrogen-bond donors (Lipinski definition) is 2. The number of aromatic nitrogens is 1. The summed E-state index contributed by atoms with van der Waals surface area (Å²) in [6.45, 7) is 2.76. The Kier molecular flexibility index (Phi) is 9.24. The highest BCUT2D eigenvalue weighted by atomic mass is 35.5. The van der Waals surface area contributed by atoms with Gasteiger partial charge in [-0.25, -0.2) is 0 Å². The first-order chi connectivity index (χ1) is 9.22. The second kappa shape index (κ2) is 9.50. The van der Waals surface area contributed by atoms with E-state index in [1.807, 2.05) is 12.4 Å². The van der Waals surface area contributed by atoms with E-state index in [0.29, 0.717) is 0 Å². The van der Waals surface area contributed by atoms with Gasteiger partial charge in [0.2, 0.25) is 0 Å². The molecular weight excluding hydrogens is 343 g/mol. The average Bonchev–Trinajstić information content (AvgIpc) is 2.38. The molecule has 3 rings (SSSR count). The fraction of sp³-hybridized carbons (Fsp3) is 0.400. The van der Waals surface area contributed by atoms with Crippen molar-refractivity contribution in [3.8, 4) is 0 Å². The van der Waals surface area contributed by atoms with Gasteiger partial charge in [-0.1, -0.05) is 18.2 Å². The van der Waals surface area contributed by atoms with Gasteiger partial charge in [-0.3, -0.25) is 9.88 Å². The molecule has 0 saturated carbocycles. The Morgan fingerprint density at radius 3 is 2.41 bits per heavy atom. The third-order valence-electron chi connectivity index (χ3n) is 3.76. The molecule has 0 unspecified atom stereocenters. The number of piperidine rings is 1. The Balaban J connectivity index is 0.00000147. The predicted octanol–water partition coefficient (Wildman–Crippen LogP) is 2.36. The van der Waals surface area contributed by atoms with Crippen LogP contribution in [0.2, 0.25) is 0 Å². The van der Waals surface area contributed by atoms with Crippen molar-refractivity contribution >= 4 is 48.0 Å². The monoisotopic (exact) mass is 364 g/mol. The minimum Gasteiger partial charge on any atom is -0.326 e. The molecule has 2 heterocycles. The minimum atomic E-state index is 0. The normalized spacial score (nSPS) is 21.4. The lowest BCUT2D eigenvalue weighted by molar-refractivity contribution is 0.183. The summed E-state index contributed by atoms with van der Waals surface area (Å²) in [7, 11) is 0. The molecule has 2 aromatic rings. The molecule has 124 valence electrons. The van der Waals surface area contributed by atoms with E-state index in [0.717, 1.165) is 26.1 Å². The van der Waals surface area contributed by atoms with E-state index in [2.05, 4.69) is 34.1 Å². The summed E-state index contributed by atoms with van der Waals surface area (Å²) in [5.41, 5.74) is 13.4. The van der Waals surface area contributed by atoms with Gasteiger partial charge in [-0.05, 0) is 23.4 Å². The van der Waals surface area contributed by atoms with Crippen LogP contribution in [0.1, 0.15) is 12.0 Å². The Morgan fingerprint density at radius 1 is 1.05 bits per heavy atom. The lowest BCUT2D eigenvalue weighted by Gasteiger charge is -2.34. The predicted molar refractivity (Wildman–Crippen MR) is 99.3 cm³/mol. The second-order valence-electron chi connectivity index (χ2n) is 5.46. The Hall–Kier alpha value is -0.620. The average molecular weight is 366 g/mol. The number of likely N-dealkylation sites (tertiary alicyclic amines) is 1. The van der Waals surface area contributed by atoms with Gasteiger partial charge in [0.25, 0.3) is 0 Å². The zero-order valence-corrected chi connectivity index (χ0v) is 14.7. The summed E-state index contributed by atoms with van der Waals surface area (Å²) >= 11 is 0. The number of fused-ring (bicyclic) bond motifs is 1. The number of hydrogen-bond acceptors (Lipinski definition) is 4. The lowest BCUT2D eigenvalue weighted by Crippen LogP contribution is -2.51. The Labute approximate surface area is 149 Å². The van der Waals surface area contributed by atoms with Crippen molar-refractivity contribution in [1.82, 2.24) is 9.88 Å². The fourth-order valence-electron chi connectivity index (χ4n) is 2.97. The standard InChI is InChI=1S/C15H20N4.3ClH/c16-13-6-14(17)10-19(9-13)8-12-3-1-2-11-7-18-5-4-15(11)12;;;/h1-5,7,13-14H,6,8-10,16-17H2;3*1H/t13-,14+;;;. The summed E-state index contributed by atoms with van der Waals surface area (Å²) in [6, 6.07) is 8.83. The van der Waals surface area contributed by atoms with Gasteiger partial charge in [0, 0.05) is 49.5 Å². The zero-order chi connectivity index (χ0) is 13.2. The van der Waals surface area contributed by atoms with Gasteiger partial charge < -0.3 is 11.5 Å². The number of rotatable bonds is 2. The summed E-state index contributed by atoms with van der Waals surface area (Å²) in [5.74, 6) is 0. The number of nitrogens with two attached hydrogens (primary N) is 2. The molecule has 0 spiro atoms. The first kappa shape index (κ1) is 21.4. The van der Waals surface area contributed by atoms with Crippen LogP contribution in [0.3, 0.4) is 0 Å². The largest absolute Gasteiger partial charge is 0.326 e. The summed E-state index contributed by atoms with van der Waals surface area (Å²) in [4.78, 5) is 6.53. The Morgan fingerprint density at radius 2 is 1.73 bits per heavy atom. The van der Waals surface area contributed by atoms with Crippen molar-refractivity contribution in [2.45, 2.75) is 25.0 Å². The van der Waals surface area contributed by atoms with Crippen LogP contribution in [-0.4, -0.2) is 35.1 Å². The maximum absolute atomic E-state index is 6.05. The zero-order valence-electron chi connectivity index (χ0n) is 12.2. The molecular formula is C15H23Cl3N4. The summed E-state index contributed by atoms with van der Waals surface area (Å²) < 4.78 is 0. The first-order valence-corrected chi connectivity index (χ1v) is 6.77. The number of benzene rings is 1. The van der Waals surface area contributed by atoms with E-state index in [4.69, 9.17) is 11.5 Å². The molecule has 4 nitrogen and oxygen atoms in total. The molecule has 1 aliphatic rings. The van der Waals surface area contributed by atoms with Crippen LogP contribution < -0.4 is 11.5 Å². The van der Waals surface area contributed by atoms with Crippen molar-refractivity contribution in [2.75, 3.05) is 13.1 Å². The summed E-state index contributed by atoms with van der Waals surface area (Å²) in [5, 5.41) is 2.45. The van der Waals surface area contributed by atoms with Gasteiger partial charge in [-0.2, -0.15) is 0 Å². The lowest BCUT2D eigenvalue weighted by atomic mass is 10.0. The molecule has 4 N–H and O–H groups in total. The Bertz CT molecular complexity index is 566. The van der Waals surface area contributed by atoms with Crippen molar-refractivity contribution in [2.24, 2.45) is 11.5 Å². The van der Waals surface area contributed by atoms with E-state index in [1.54, 1.807) is 0 Å². The maximum Gasteiger partial charge on any atom is 0.0346 e. The molecule has 1 aliphatic heterocycles. The molecule has 0 radical (unpaired) electrons. The number of halogens is 3. The topological polar surface area (TPSA) is 68.2 Å². The van der Waals surface area contributed by atoms with E-state index in [9.17, 15) is 0 Å². The molecule has 2 atom stereocenters. The van der Waals surface area contributed by atoms with Crippen LogP contribution in [0.15, 0.2) is 36.7 Å². The van der Waals surface area contributed by atoms with Crippen molar-refractivity contribution in [3.63, 3.8) is 0 Å². The van der Waals surface area contributed by atoms with Crippen molar-refractivity contribution in [3.05, 3.63) is 42.2 Å². The molecule has 1 fully saturated rings. The summed E-state index contributed by atoms with van der Waals surface area (Å²) in [6.07, 6.45) is 4.68. The van der Waals surface area contributed by atoms with Crippen LogP contribution in [0.5, 0.6) is 0 Å². The van der Waals surface area contributed by atoms with E-state index >= 15 is 0 Å². The van der Waals surface area contributed by atoms with Crippen LogP contribution in [-0.2, 0) is 6.54 Å². The molecule has 0 aliphatic carbocycles. The SMILES string of the molecule is Cl.Cl.Cl.N[C@@H]1C[C@H](N)CN(Cc2cccc3cnccc23)C1. The van der Waals surface area contributed by atoms with Gasteiger partial charge in [-0.15, -0.1) is 37.2 Å². The van der Waals surface area contributed by atoms with Gasteiger partial charge in [0.1, 0.15) is 0 Å². The first-order valence-electron chi connectivity index (χ1n) is 6.77. The van der Waals surface area contributed by atoms with Gasteiger partial charge in [0.15, 0.2) is 0 Å². The minimum absolute atomic E-state index is 0. The number of nitrogens with zero attached hydrogens (tertiary/aromatic N) is 2. The highest BCUT2D eigenvalue weighted by molar-refractivity contribution is 5.86. The van der Waals surface area contributed by atoms with Crippen LogP contribution in [0.4, 0.5) is 0 Å². The van der Waals surface area contributed by atoms with Gasteiger partial charge in [0.05, 0.1) is 0 Å². The van der Waals surface area contributed by atoms with Crippen LogP contribution in [0.25, 0.3) is 10.8 Å².